The molecular formula is C31H41N3O6Y. The molecule has 1 N–H and O–H groups in total. The van der Waals surface area contributed by atoms with Crippen molar-refractivity contribution in [2.24, 2.45) is 11.8 Å². The maximum atomic E-state index is 12.0. The van der Waals surface area contributed by atoms with Gasteiger partial charge >= 0.3 is 0 Å². The van der Waals surface area contributed by atoms with E-state index < -0.39 is 11.0 Å². The number of quaternary nitrogens is 1. The fraction of sp³-hybridized carbons (Fsp3) is 0.419. The van der Waals surface area contributed by atoms with Crippen LogP contribution in [0.3, 0.4) is 0 Å². The number of hydrogen-bond acceptors (Lipinski definition) is 7. The number of hydrogen-bond donors (Lipinski definition) is 1. The number of aliphatic hydroxyl groups excluding tert-OH is 1. The molecule has 0 aliphatic carbocycles. The SMILES string of the molecule is C=CC1C[N+](Cc2cc([N+](=O)[O-])cc(OC)c2OC)(C(C)C(O)c2ccnc3ccc(OC)cc23)CCC1C.[CH3-].[Y]. The van der Waals surface area contributed by atoms with Gasteiger partial charge in [-0.15, -0.1) is 6.58 Å². The minimum absolute atomic E-state index is 0. The summed E-state index contributed by atoms with van der Waals surface area (Å²) in [5.41, 5.74) is 2.14. The molecule has 5 atom stereocenters. The van der Waals surface area contributed by atoms with Crippen molar-refractivity contribution >= 4 is 16.6 Å². The van der Waals surface area contributed by atoms with Gasteiger partial charge in [-0.1, -0.05) is 13.0 Å². The van der Waals surface area contributed by atoms with Crippen molar-refractivity contribution in [2.45, 2.75) is 39.0 Å². The summed E-state index contributed by atoms with van der Waals surface area (Å²) < 4.78 is 17.1. The van der Waals surface area contributed by atoms with E-state index in [1.807, 2.05) is 37.3 Å². The number of nitrogens with zero attached hydrogens (tertiary/aromatic N) is 3. The van der Waals surface area contributed by atoms with Crippen molar-refractivity contribution in [3.05, 3.63) is 83.9 Å². The number of ether oxygens (including phenoxy) is 3. The van der Waals surface area contributed by atoms with E-state index in [0.717, 1.165) is 36.0 Å². The van der Waals surface area contributed by atoms with Gasteiger partial charge in [0.2, 0.25) is 0 Å². The molecule has 0 amide bonds. The monoisotopic (exact) mass is 640 g/mol. The van der Waals surface area contributed by atoms with Crippen LogP contribution in [-0.4, -0.2) is 60.0 Å². The predicted octanol–water partition coefficient (Wildman–Crippen LogP) is 5.90. The van der Waals surface area contributed by atoms with Crippen LogP contribution < -0.4 is 14.2 Å². The Hall–Kier alpha value is -2.59. The van der Waals surface area contributed by atoms with Gasteiger partial charge in [0.05, 0.1) is 56.5 Å². The van der Waals surface area contributed by atoms with Crippen LogP contribution in [0.5, 0.6) is 17.2 Å². The molecule has 5 unspecified atom stereocenters. The first-order chi connectivity index (χ1) is 18.7. The molecule has 1 aromatic heterocycles. The normalized spacial score (nSPS) is 21.5. The number of pyridine rings is 1. The van der Waals surface area contributed by atoms with Crippen molar-refractivity contribution in [2.75, 3.05) is 34.4 Å². The van der Waals surface area contributed by atoms with Crippen LogP contribution in [0, 0.1) is 29.4 Å². The van der Waals surface area contributed by atoms with Gasteiger partial charge in [-0.2, -0.15) is 0 Å². The molecule has 219 valence electrons. The summed E-state index contributed by atoms with van der Waals surface area (Å²) in [7, 11) is 4.62. The number of benzene rings is 2. The van der Waals surface area contributed by atoms with E-state index in [0.29, 0.717) is 39.8 Å². The van der Waals surface area contributed by atoms with E-state index in [-0.39, 0.29) is 57.8 Å². The summed E-state index contributed by atoms with van der Waals surface area (Å²) in [6.07, 6.45) is 3.79. The molecule has 0 spiro atoms. The Morgan fingerprint density at radius 3 is 2.54 bits per heavy atom. The number of aliphatic hydroxyl groups is 1. The number of aromatic nitrogens is 1. The summed E-state index contributed by atoms with van der Waals surface area (Å²) in [5, 5.41) is 24.6. The van der Waals surface area contributed by atoms with E-state index >= 15 is 0 Å². The minimum atomic E-state index is -0.840. The minimum Gasteiger partial charge on any atom is -0.497 e. The maximum Gasteiger partial charge on any atom is 0.273 e. The maximum absolute atomic E-state index is 12.0. The van der Waals surface area contributed by atoms with Crippen molar-refractivity contribution in [1.29, 1.82) is 0 Å². The van der Waals surface area contributed by atoms with E-state index in [1.165, 1.54) is 20.3 Å². The van der Waals surface area contributed by atoms with Gasteiger partial charge in [0.15, 0.2) is 11.5 Å². The Kier molecular flexibility index (Phi) is 12.3. The van der Waals surface area contributed by atoms with Crippen molar-refractivity contribution in [3.8, 4) is 17.2 Å². The number of non-ortho nitro benzene ring substituents is 1. The summed E-state index contributed by atoms with van der Waals surface area (Å²) in [5.74, 6) is 2.12. The molecule has 10 heteroatoms. The Morgan fingerprint density at radius 1 is 1.20 bits per heavy atom. The standard InChI is InChI=1S/C30H38N3O6.CH3.Y/c1-7-21-17-33(13-11-19(21)2,18-22-14-23(32(35)36)15-28(38-5)30(22)39-6)20(3)29(34)25-10-12-31-27-9-8-24(37-4)16-26(25)27;;/h7-10,12,14-16,19-21,29,34H,1,11,13,17-18H2,2-6H3;1H3;/q+1;-1;. The summed E-state index contributed by atoms with van der Waals surface area (Å²) in [4.78, 5) is 15.8. The van der Waals surface area contributed by atoms with Crippen LogP contribution in [0.4, 0.5) is 5.69 Å². The van der Waals surface area contributed by atoms with Gasteiger partial charge in [-0.25, -0.2) is 0 Å². The molecule has 0 saturated carbocycles. The largest absolute Gasteiger partial charge is 0.497 e. The third-order valence-electron chi connectivity index (χ3n) is 8.50. The smallest absolute Gasteiger partial charge is 0.273 e. The second kappa shape index (κ2) is 14.5. The molecule has 1 aliphatic rings. The van der Waals surface area contributed by atoms with Crippen molar-refractivity contribution in [1.82, 2.24) is 4.98 Å². The topological polar surface area (TPSA) is 104 Å². The second-order valence-electron chi connectivity index (χ2n) is 10.5. The van der Waals surface area contributed by atoms with Crippen molar-refractivity contribution in [3.63, 3.8) is 0 Å². The number of methoxy groups -OCH3 is 3. The molecule has 9 nitrogen and oxygen atoms in total. The zero-order valence-electron chi connectivity index (χ0n) is 24.9. The molecular weight excluding hydrogens is 599 g/mol. The molecule has 2 heterocycles. The third kappa shape index (κ3) is 6.91. The zero-order valence-corrected chi connectivity index (χ0v) is 27.7. The molecule has 0 bridgehead atoms. The van der Waals surface area contributed by atoms with Crippen LogP contribution in [0.15, 0.2) is 55.3 Å². The molecule has 2 aromatic carbocycles. The third-order valence-corrected chi connectivity index (χ3v) is 8.50. The molecule has 1 fully saturated rings. The first kappa shape index (κ1) is 34.6. The average Bonchev–Trinajstić information content (AvgIpc) is 2.96. The molecule has 3 aromatic rings. The van der Waals surface area contributed by atoms with Gasteiger partial charge in [-0.3, -0.25) is 15.1 Å². The fourth-order valence-electron chi connectivity index (χ4n) is 6.01. The van der Waals surface area contributed by atoms with Crippen LogP contribution in [0.2, 0.25) is 0 Å². The number of rotatable bonds is 10. The Bertz CT molecular complexity index is 1370. The van der Waals surface area contributed by atoms with E-state index in [2.05, 4.69) is 18.5 Å². The predicted molar refractivity (Wildman–Crippen MR) is 156 cm³/mol. The summed E-state index contributed by atoms with van der Waals surface area (Å²) in [6.45, 7) is 10.3. The van der Waals surface area contributed by atoms with Gasteiger partial charge in [-0.05, 0) is 49.1 Å². The number of fused-ring (bicyclic) bond motifs is 1. The molecule has 1 aliphatic heterocycles. The second-order valence-corrected chi connectivity index (χ2v) is 10.5. The van der Waals surface area contributed by atoms with Crippen LogP contribution >= 0.6 is 0 Å². The van der Waals surface area contributed by atoms with E-state index in [1.54, 1.807) is 19.4 Å². The number of nitro groups is 1. The molecule has 1 radical (unpaired) electrons. The van der Waals surface area contributed by atoms with Gasteiger partial charge < -0.3 is 31.2 Å². The van der Waals surface area contributed by atoms with Gasteiger partial charge in [0, 0.05) is 56.3 Å². The Labute approximate surface area is 268 Å². The first-order valence-corrected chi connectivity index (χ1v) is 13.2. The van der Waals surface area contributed by atoms with Gasteiger partial charge in [0.1, 0.15) is 24.4 Å². The Morgan fingerprint density at radius 2 is 1.93 bits per heavy atom. The van der Waals surface area contributed by atoms with E-state index in [9.17, 15) is 15.2 Å². The number of likely N-dealkylation sites (tertiary alicyclic amines) is 1. The first-order valence-electron chi connectivity index (χ1n) is 13.2. The Balaban J connectivity index is 0.00000294. The molecule has 41 heavy (non-hydrogen) atoms. The molecule has 1 saturated heterocycles. The summed E-state index contributed by atoms with van der Waals surface area (Å²) in [6, 6.07) is 10.2. The summed E-state index contributed by atoms with van der Waals surface area (Å²) >= 11 is 0. The van der Waals surface area contributed by atoms with Crippen LogP contribution in [0.1, 0.15) is 37.5 Å². The van der Waals surface area contributed by atoms with Crippen molar-refractivity contribution < 1.29 is 61.4 Å². The van der Waals surface area contributed by atoms with Gasteiger partial charge in [0.25, 0.3) is 5.69 Å². The van der Waals surface area contributed by atoms with Crippen LogP contribution in [0.25, 0.3) is 10.9 Å². The average molecular weight is 641 g/mol. The zero-order chi connectivity index (χ0) is 28.3. The van der Waals surface area contributed by atoms with E-state index in [4.69, 9.17) is 14.2 Å². The quantitative estimate of drug-likeness (QED) is 0.0968. The number of nitro benzene ring substituents is 1. The number of piperidine rings is 1. The molecule has 4 rings (SSSR count). The fourth-order valence-corrected chi connectivity index (χ4v) is 6.01. The van der Waals surface area contributed by atoms with Crippen LogP contribution in [-0.2, 0) is 39.3 Å².